The Morgan fingerprint density at radius 1 is 1.68 bits per heavy atom. The third-order valence-corrected chi connectivity index (χ3v) is 4.34. The van der Waals surface area contributed by atoms with Crippen LogP contribution in [0.4, 0.5) is 0 Å². The Bertz CT molecular complexity index is 469. The number of carboxylic acid groups (broad SMARTS) is 1. The number of allylic oxidation sites excluding steroid dienone is 1. The topological polar surface area (TPSA) is 89.6 Å². The van der Waals surface area contributed by atoms with Crippen LogP contribution in [0.3, 0.4) is 0 Å². The molecule has 0 saturated carbocycles. The Labute approximate surface area is 115 Å². The standard InChI is InChI=1S/C13H17NO4S/c1-7-2-3-11-8(4-7)9(13(17)18-11)5-19-6-10(14)12(15)16/h4,10-11H,2-3,5-6,14H2,1H3,(H,15,16)/t10-,11+/m0/s1. The van der Waals surface area contributed by atoms with E-state index in [-0.39, 0.29) is 17.8 Å². The fourth-order valence-corrected chi connectivity index (χ4v) is 3.17. The Kier molecular flexibility index (Phi) is 4.31. The molecule has 2 atom stereocenters. The number of thioether (sulfide) groups is 1. The summed E-state index contributed by atoms with van der Waals surface area (Å²) in [6.07, 6.45) is 3.70. The Morgan fingerprint density at radius 3 is 3.11 bits per heavy atom. The molecule has 0 radical (unpaired) electrons. The minimum absolute atomic E-state index is 0.111. The number of nitrogens with two attached hydrogens (primary N) is 1. The average Bonchev–Trinajstić information content (AvgIpc) is 2.65. The lowest BCUT2D eigenvalue weighted by molar-refractivity contribution is -0.140. The molecule has 0 bridgehead atoms. The van der Waals surface area contributed by atoms with Crippen LogP contribution in [-0.4, -0.2) is 40.7 Å². The summed E-state index contributed by atoms with van der Waals surface area (Å²) < 4.78 is 5.31. The molecule has 0 aromatic rings. The highest BCUT2D eigenvalue weighted by Crippen LogP contribution is 2.34. The summed E-state index contributed by atoms with van der Waals surface area (Å²) in [5, 5.41) is 8.70. The fraction of sp³-hybridized carbons (Fsp3) is 0.538. The quantitative estimate of drug-likeness (QED) is 0.734. The summed E-state index contributed by atoms with van der Waals surface area (Å²) in [6, 6.07) is -0.896. The number of esters is 1. The SMILES string of the molecule is CC1=CC2=C(CSC[C@H](N)C(=O)O)C(=O)O[C@@H]2CC1. The molecule has 104 valence electrons. The zero-order valence-corrected chi connectivity index (χ0v) is 11.5. The van der Waals surface area contributed by atoms with Crippen LogP contribution in [0.5, 0.6) is 0 Å². The molecule has 3 N–H and O–H groups in total. The number of carbonyl (C=O) groups is 2. The molecule has 2 aliphatic rings. The maximum absolute atomic E-state index is 11.8. The van der Waals surface area contributed by atoms with Gasteiger partial charge in [0.15, 0.2) is 0 Å². The molecule has 5 nitrogen and oxygen atoms in total. The third-order valence-electron chi connectivity index (χ3n) is 3.25. The summed E-state index contributed by atoms with van der Waals surface area (Å²) in [7, 11) is 0. The molecule has 0 aromatic heterocycles. The van der Waals surface area contributed by atoms with Gasteiger partial charge in [-0.15, -0.1) is 0 Å². The number of carbonyl (C=O) groups excluding carboxylic acids is 1. The molecule has 19 heavy (non-hydrogen) atoms. The third kappa shape index (κ3) is 3.19. The molecule has 0 amide bonds. The van der Waals surface area contributed by atoms with Crippen molar-refractivity contribution in [3.63, 3.8) is 0 Å². The van der Waals surface area contributed by atoms with Crippen molar-refractivity contribution in [1.82, 2.24) is 0 Å². The highest BCUT2D eigenvalue weighted by molar-refractivity contribution is 7.99. The van der Waals surface area contributed by atoms with Gasteiger partial charge in [-0.3, -0.25) is 4.79 Å². The van der Waals surface area contributed by atoms with Crippen LogP contribution >= 0.6 is 11.8 Å². The van der Waals surface area contributed by atoms with Crippen LogP contribution in [0, 0.1) is 0 Å². The first-order chi connectivity index (χ1) is 8.99. The predicted octanol–water partition coefficient (Wildman–Crippen LogP) is 1.09. The minimum atomic E-state index is -1.02. The van der Waals surface area contributed by atoms with E-state index in [0.29, 0.717) is 11.3 Å². The van der Waals surface area contributed by atoms with Gasteiger partial charge in [-0.2, -0.15) is 11.8 Å². The maximum Gasteiger partial charge on any atom is 0.335 e. The van der Waals surface area contributed by atoms with Gasteiger partial charge in [-0.25, -0.2) is 4.79 Å². The number of ether oxygens (including phenoxy) is 1. The zero-order chi connectivity index (χ0) is 14.0. The number of aliphatic carboxylic acids is 1. The number of hydrogen-bond acceptors (Lipinski definition) is 5. The van der Waals surface area contributed by atoms with E-state index in [9.17, 15) is 9.59 Å². The lowest BCUT2D eigenvalue weighted by atomic mass is 9.92. The van der Waals surface area contributed by atoms with Crippen molar-refractivity contribution in [2.75, 3.05) is 11.5 Å². The van der Waals surface area contributed by atoms with E-state index in [2.05, 4.69) is 0 Å². The molecule has 1 heterocycles. The summed E-state index contributed by atoms with van der Waals surface area (Å²) in [6.45, 7) is 2.04. The van der Waals surface area contributed by atoms with Crippen LogP contribution in [0.1, 0.15) is 19.8 Å². The lowest BCUT2D eigenvalue weighted by Gasteiger charge is -2.17. The van der Waals surface area contributed by atoms with Crippen LogP contribution < -0.4 is 5.73 Å². The second-order valence-electron chi connectivity index (χ2n) is 4.82. The highest BCUT2D eigenvalue weighted by atomic mass is 32.2. The largest absolute Gasteiger partial charge is 0.480 e. The molecule has 2 rings (SSSR count). The summed E-state index contributed by atoms with van der Waals surface area (Å²) in [5.41, 5.74) is 8.29. The van der Waals surface area contributed by atoms with Gasteiger partial charge in [-0.1, -0.05) is 11.6 Å². The van der Waals surface area contributed by atoms with Gasteiger partial charge in [0.1, 0.15) is 12.1 Å². The predicted molar refractivity (Wildman–Crippen MR) is 72.8 cm³/mol. The zero-order valence-electron chi connectivity index (χ0n) is 10.7. The smallest absolute Gasteiger partial charge is 0.335 e. The molecular formula is C13H17NO4S. The van der Waals surface area contributed by atoms with Gasteiger partial charge in [0.05, 0.1) is 5.57 Å². The van der Waals surface area contributed by atoms with E-state index < -0.39 is 12.0 Å². The number of rotatable bonds is 5. The van der Waals surface area contributed by atoms with E-state index in [4.69, 9.17) is 15.6 Å². The number of carboxylic acids is 1. The first-order valence-electron chi connectivity index (χ1n) is 6.16. The lowest BCUT2D eigenvalue weighted by Crippen LogP contribution is -2.32. The monoisotopic (exact) mass is 283 g/mol. The first-order valence-corrected chi connectivity index (χ1v) is 7.32. The van der Waals surface area contributed by atoms with Crippen LogP contribution in [-0.2, 0) is 14.3 Å². The van der Waals surface area contributed by atoms with Crippen molar-refractivity contribution >= 4 is 23.7 Å². The molecule has 0 spiro atoms. The van der Waals surface area contributed by atoms with E-state index in [1.54, 1.807) is 0 Å². The fourth-order valence-electron chi connectivity index (χ4n) is 2.17. The van der Waals surface area contributed by atoms with Crippen LogP contribution in [0.25, 0.3) is 0 Å². The van der Waals surface area contributed by atoms with E-state index in [0.717, 1.165) is 18.4 Å². The normalized spacial score (nSPS) is 23.8. The van der Waals surface area contributed by atoms with Gasteiger partial charge in [0.25, 0.3) is 0 Å². The molecule has 0 fully saturated rings. The summed E-state index contributed by atoms with van der Waals surface area (Å²) in [5.74, 6) is -0.560. The van der Waals surface area contributed by atoms with Gasteiger partial charge < -0.3 is 15.6 Å². The van der Waals surface area contributed by atoms with Gasteiger partial charge in [0.2, 0.25) is 0 Å². The molecule has 1 aliphatic carbocycles. The molecule has 1 aliphatic heterocycles. The maximum atomic E-state index is 11.8. The number of hydrogen-bond donors (Lipinski definition) is 2. The summed E-state index contributed by atoms with van der Waals surface area (Å²) >= 11 is 1.35. The van der Waals surface area contributed by atoms with Gasteiger partial charge >= 0.3 is 11.9 Å². The summed E-state index contributed by atoms with van der Waals surface area (Å²) in [4.78, 5) is 22.4. The van der Waals surface area contributed by atoms with Crippen molar-refractivity contribution in [2.24, 2.45) is 5.73 Å². The molecule has 0 saturated heterocycles. The molecule has 0 aromatic carbocycles. The first kappa shape index (κ1) is 14.1. The Balaban J connectivity index is 2.01. The van der Waals surface area contributed by atoms with Crippen molar-refractivity contribution < 1.29 is 19.4 Å². The van der Waals surface area contributed by atoms with Gasteiger partial charge in [0, 0.05) is 17.1 Å². The van der Waals surface area contributed by atoms with Gasteiger partial charge in [-0.05, 0) is 19.8 Å². The van der Waals surface area contributed by atoms with Crippen LogP contribution in [0.15, 0.2) is 22.8 Å². The highest BCUT2D eigenvalue weighted by Gasteiger charge is 2.34. The van der Waals surface area contributed by atoms with Crippen molar-refractivity contribution in [3.8, 4) is 0 Å². The molecule has 0 unspecified atom stereocenters. The van der Waals surface area contributed by atoms with Crippen LogP contribution in [0.2, 0.25) is 0 Å². The van der Waals surface area contributed by atoms with E-state index >= 15 is 0 Å². The number of fused-ring (bicyclic) bond motifs is 1. The van der Waals surface area contributed by atoms with Crippen molar-refractivity contribution in [1.29, 1.82) is 0 Å². The van der Waals surface area contributed by atoms with Crippen molar-refractivity contribution in [3.05, 3.63) is 22.8 Å². The molecule has 6 heteroatoms. The minimum Gasteiger partial charge on any atom is -0.480 e. The average molecular weight is 283 g/mol. The Morgan fingerprint density at radius 2 is 2.42 bits per heavy atom. The van der Waals surface area contributed by atoms with Crippen molar-refractivity contribution in [2.45, 2.75) is 31.9 Å². The molecular weight excluding hydrogens is 266 g/mol. The van der Waals surface area contributed by atoms with E-state index in [1.807, 2.05) is 13.0 Å². The Hall–Kier alpha value is -1.27. The second-order valence-corrected chi connectivity index (χ2v) is 5.85. The second kappa shape index (κ2) is 5.79. The van der Waals surface area contributed by atoms with E-state index in [1.165, 1.54) is 17.3 Å².